The number of ether oxygens (including phenoxy) is 5. The van der Waals surface area contributed by atoms with Gasteiger partial charge < -0.3 is 28.8 Å². The lowest BCUT2D eigenvalue weighted by Crippen LogP contribution is -2.63. The quantitative estimate of drug-likeness (QED) is 0.147. The molecule has 2 fully saturated rings. The Kier molecular flexibility index (Phi) is 13.3. The molecule has 0 bridgehead atoms. The van der Waals surface area contributed by atoms with Crippen molar-refractivity contribution in [3.05, 3.63) is 11.6 Å². The molecule has 0 unspecified atom stereocenters. The number of carbonyl (C=O) groups is 5. The van der Waals surface area contributed by atoms with Gasteiger partial charge in [-0.2, -0.15) is 0 Å². The van der Waals surface area contributed by atoms with Gasteiger partial charge in [0.05, 0.1) is 0 Å². The predicted octanol–water partition coefficient (Wildman–Crippen LogP) is 5.63. The maximum absolute atomic E-state index is 13.4. The van der Waals surface area contributed by atoms with Crippen molar-refractivity contribution in [2.45, 2.75) is 157 Å². The van der Waals surface area contributed by atoms with Crippen LogP contribution in [0.25, 0.3) is 0 Å². The summed E-state index contributed by atoms with van der Waals surface area (Å²) in [5.41, 5.74) is -1.60. The van der Waals surface area contributed by atoms with Crippen LogP contribution >= 0.6 is 0 Å². The van der Waals surface area contributed by atoms with Crippen LogP contribution in [-0.4, -0.2) is 71.6 Å². The summed E-state index contributed by atoms with van der Waals surface area (Å²) in [6.45, 7) is 18.2. The summed E-state index contributed by atoms with van der Waals surface area (Å²) in [5, 5.41) is 11.7. The van der Waals surface area contributed by atoms with Gasteiger partial charge in [0.25, 0.3) is 0 Å². The van der Waals surface area contributed by atoms with Crippen molar-refractivity contribution < 1.29 is 52.8 Å². The Morgan fingerprint density at radius 2 is 1.31 bits per heavy atom. The van der Waals surface area contributed by atoms with Gasteiger partial charge in [-0.3, -0.25) is 24.0 Å². The van der Waals surface area contributed by atoms with Gasteiger partial charge in [-0.25, -0.2) is 0 Å². The second-order valence-corrected chi connectivity index (χ2v) is 14.7. The van der Waals surface area contributed by atoms with Crippen LogP contribution in [-0.2, 0) is 47.7 Å². The molecule has 3 rings (SSSR count). The molecule has 3 aliphatic carbocycles. The Hall–Kier alpha value is -2.95. The zero-order valence-electron chi connectivity index (χ0n) is 30.5. The maximum atomic E-state index is 13.4. The molecule has 272 valence electrons. The van der Waals surface area contributed by atoms with Gasteiger partial charge in [-0.15, -0.1) is 0 Å². The second-order valence-electron chi connectivity index (χ2n) is 14.7. The van der Waals surface area contributed by atoms with Crippen molar-refractivity contribution in [3.8, 4) is 0 Å². The molecule has 0 saturated heterocycles. The van der Waals surface area contributed by atoms with Crippen molar-refractivity contribution in [2.24, 2.45) is 34.5 Å². The second kappa shape index (κ2) is 16.2. The summed E-state index contributed by atoms with van der Waals surface area (Å²) in [6.07, 6.45) is -2.13. The summed E-state index contributed by atoms with van der Waals surface area (Å²) < 4.78 is 30.8. The van der Waals surface area contributed by atoms with Crippen LogP contribution in [0.2, 0.25) is 0 Å². The summed E-state index contributed by atoms with van der Waals surface area (Å²) in [7, 11) is 0. The SMILES string of the molecule is CCCC(=O)O[C@@H]1[C@H](C(C)C)[C@@H]2[C@H]3C=C(C)[C@H](O)[C@H](OC(C)=O)[C@@H](OC(=O)CCC)[C@]3(C)C[C@H](OC(=O)CCC)[C@]2(C)[C@H]1OC(=O)CC. The highest BCUT2D eigenvalue weighted by Gasteiger charge is 2.74. The predicted molar refractivity (Wildman–Crippen MR) is 176 cm³/mol. The van der Waals surface area contributed by atoms with Gasteiger partial charge in [0.2, 0.25) is 0 Å². The van der Waals surface area contributed by atoms with E-state index in [1.807, 2.05) is 54.5 Å². The van der Waals surface area contributed by atoms with E-state index in [0.717, 1.165) is 0 Å². The number of aliphatic hydroxyl groups is 1. The Morgan fingerprint density at radius 3 is 1.81 bits per heavy atom. The summed E-state index contributed by atoms with van der Waals surface area (Å²) >= 11 is 0. The summed E-state index contributed by atoms with van der Waals surface area (Å²) in [4.78, 5) is 65.4. The molecule has 1 N–H and O–H groups in total. The molecular formula is C37H58O11. The maximum Gasteiger partial charge on any atom is 0.306 e. The average Bonchev–Trinajstić information content (AvgIpc) is 3.20. The Balaban J connectivity index is 2.41. The van der Waals surface area contributed by atoms with Crippen LogP contribution < -0.4 is 0 Å². The Labute approximate surface area is 285 Å². The van der Waals surface area contributed by atoms with Crippen molar-refractivity contribution in [3.63, 3.8) is 0 Å². The van der Waals surface area contributed by atoms with E-state index in [1.54, 1.807) is 13.8 Å². The van der Waals surface area contributed by atoms with E-state index in [2.05, 4.69) is 0 Å². The van der Waals surface area contributed by atoms with Crippen molar-refractivity contribution in [2.75, 3.05) is 0 Å². The van der Waals surface area contributed by atoms with Crippen molar-refractivity contribution in [1.82, 2.24) is 0 Å². The molecule has 0 aromatic rings. The zero-order valence-corrected chi connectivity index (χ0v) is 30.5. The van der Waals surface area contributed by atoms with Gasteiger partial charge in [-0.05, 0) is 55.9 Å². The smallest absolute Gasteiger partial charge is 0.306 e. The van der Waals surface area contributed by atoms with Crippen molar-refractivity contribution in [1.29, 1.82) is 0 Å². The number of fused-ring (bicyclic) bond motifs is 3. The molecule has 11 heteroatoms. The van der Waals surface area contributed by atoms with Gasteiger partial charge in [0.15, 0.2) is 6.10 Å². The van der Waals surface area contributed by atoms with E-state index in [1.165, 1.54) is 6.92 Å². The highest BCUT2D eigenvalue weighted by atomic mass is 16.6. The number of rotatable bonds is 13. The third-order valence-corrected chi connectivity index (χ3v) is 10.8. The molecule has 0 heterocycles. The van der Waals surface area contributed by atoms with E-state index in [4.69, 9.17) is 23.7 Å². The first-order valence-corrected chi connectivity index (χ1v) is 17.8. The summed E-state index contributed by atoms with van der Waals surface area (Å²) in [5.74, 6) is -3.94. The third-order valence-electron chi connectivity index (χ3n) is 10.8. The lowest BCUT2D eigenvalue weighted by molar-refractivity contribution is -0.226. The largest absolute Gasteiger partial charge is 0.462 e. The minimum atomic E-state index is -1.30. The highest BCUT2D eigenvalue weighted by molar-refractivity contribution is 5.72. The molecule has 3 aliphatic rings. The van der Waals surface area contributed by atoms with Gasteiger partial charge in [0, 0.05) is 49.4 Å². The molecule has 0 aromatic heterocycles. The van der Waals surface area contributed by atoms with Gasteiger partial charge in [0.1, 0.15) is 30.5 Å². The first-order valence-electron chi connectivity index (χ1n) is 17.8. The van der Waals surface area contributed by atoms with Crippen LogP contribution in [0.1, 0.15) is 121 Å². The zero-order chi connectivity index (χ0) is 36.1. The number of hydrogen-bond acceptors (Lipinski definition) is 11. The van der Waals surface area contributed by atoms with E-state index >= 15 is 0 Å². The minimum absolute atomic E-state index is 0.0887. The molecule has 0 spiro atoms. The minimum Gasteiger partial charge on any atom is -0.462 e. The fourth-order valence-electron chi connectivity index (χ4n) is 8.62. The van der Waals surface area contributed by atoms with Crippen LogP contribution in [0.4, 0.5) is 0 Å². The summed E-state index contributed by atoms with van der Waals surface area (Å²) in [6, 6.07) is 0. The number of allylic oxidation sites excluding steroid dienone is 1. The molecule has 11 nitrogen and oxygen atoms in total. The van der Waals surface area contributed by atoms with Gasteiger partial charge >= 0.3 is 29.8 Å². The molecule has 0 aliphatic heterocycles. The molecule has 0 radical (unpaired) electrons. The van der Waals surface area contributed by atoms with Crippen LogP contribution in [0.3, 0.4) is 0 Å². The van der Waals surface area contributed by atoms with Crippen LogP contribution in [0, 0.1) is 34.5 Å². The first-order chi connectivity index (χ1) is 22.5. The molecule has 0 aromatic carbocycles. The van der Waals surface area contributed by atoms with E-state index in [-0.39, 0.29) is 38.0 Å². The number of carbonyl (C=O) groups excluding carboxylic acids is 5. The fourth-order valence-corrected chi connectivity index (χ4v) is 8.62. The van der Waals surface area contributed by atoms with Crippen LogP contribution in [0.15, 0.2) is 11.6 Å². The highest BCUT2D eigenvalue weighted by Crippen LogP contribution is 2.67. The standard InChI is InChI=1S/C37H58O11/c1-11-15-26(40)45-24-19-36(9)23(18-21(7)31(43)33(44-22(8)38)34(36)48-28(42)17-13-3)30-29(20(5)6)32(46-27(41)16-12-2)35(37(24,30)10)47-25(39)14-4/h18,20,23-24,29-35,43H,11-17,19H2,1-10H3/t23-,24+,29-,30+,31+,32-,33+,34-,35+,36-,37+/m1/s1. The number of hydrogen-bond donors (Lipinski definition) is 1. The van der Waals surface area contributed by atoms with E-state index in [0.29, 0.717) is 24.8 Å². The fraction of sp³-hybridized carbons (Fsp3) is 0.811. The number of esters is 5. The normalized spacial score (nSPS) is 35.8. The number of aliphatic hydroxyl groups excluding tert-OH is 1. The van der Waals surface area contributed by atoms with Crippen LogP contribution in [0.5, 0.6) is 0 Å². The van der Waals surface area contributed by atoms with E-state index < -0.39 is 95.1 Å². The average molecular weight is 679 g/mol. The molecule has 11 atom stereocenters. The Morgan fingerprint density at radius 1 is 0.792 bits per heavy atom. The monoisotopic (exact) mass is 678 g/mol. The molecule has 2 saturated carbocycles. The molecule has 0 amide bonds. The van der Waals surface area contributed by atoms with E-state index in [9.17, 15) is 29.1 Å². The Bertz CT molecular complexity index is 1230. The van der Waals surface area contributed by atoms with Crippen molar-refractivity contribution >= 4 is 29.8 Å². The molecule has 48 heavy (non-hydrogen) atoms. The first kappa shape index (κ1) is 39.5. The van der Waals surface area contributed by atoms with Gasteiger partial charge in [-0.1, -0.05) is 61.5 Å². The lowest BCUT2D eigenvalue weighted by Gasteiger charge is -2.58. The topological polar surface area (TPSA) is 152 Å². The third kappa shape index (κ3) is 7.76. The molecular weight excluding hydrogens is 620 g/mol. The lowest BCUT2D eigenvalue weighted by atomic mass is 9.49.